The van der Waals surface area contributed by atoms with E-state index in [1.165, 1.54) is 6.26 Å². The van der Waals surface area contributed by atoms with Crippen LogP contribution in [0.1, 0.15) is 23.0 Å². The summed E-state index contributed by atoms with van der Waals surface area (Å²) in [6, 6.07) is 7.72. The molecule has 0 aliphatic rings. The van der Waals surface area contributed by atoms with Crippen LogP contribution in [0.15, 0.2) is 34.9 Å². The number of carbonyl (C=O) groups excluding carboxylic acids is 1. The first-order chi connectivity index (χ1) is 8.20. The number of ether oxygens (including phenoxy) is 1. The highest BCUT2D eigenvalue weighted by Crippen LogP contribution is 2.19. The summed E-state index contributed by atoms with van der Waals surface area (Å²) in [4.78, 5) is 15.5. The molecule has 4 nitrogen and oxygen atoms in total. The highest BCUT2D eigenvalue weighted by Gasteiger charge is 2.13. The maximum absolute atomic E-state index is 11.4. The van der Waals surface area contributed by atoms with Crippen molar-refractivity contribution in [1.29, 1.82) is 0 Å². The van der Waals surface area contributed by atoms with Crippen LogP contribution >= 0.6 is 0 Å². The molecule has 0 aliphatic heterocycles. The van der Waals surface area contributed by atoms with Crippen molar-refractivity contribution in [1.82, 2.24) is 4.98 Å². The van der Waals surface area contributed by atoms with E-state index in [9.17, 15) is 4.79 Å². The molecule has 0 atom stereocenters. The van der Waals surface area contributed by atoms with Crippen molar-refractivity contribution in [2.24, 2.45) is 0 Å². The minimum Gasteiger partial charge on any atom is -0.461 e. The largest absolute Gasteiger partial charge is 0.461 e. The lowest BCUT2D eigenvalue weighted by Crippen LogP contribution is -2.04. The van der Waals surface area contributed by atoms with Crippen molar-refractivity contribution >= 4 is 5.97 Å². The maximum atomic E-state index is 11.4. The molecule has 0 fully saturated rings. The monoisotopic (exact) mass is 231 g/mol. The highest BCUT2D eigenvalue weighted by atomic mass is 16.5. The summed E-state index contributed by atoms with van der Waals surface area (Å²) in [6.45, 7) is 4.08. The number of oxazole rings is 1. The van der Waals surface area contributed by atoms with Gasteiger partial charge in [-0.05, 0) is 26.0 Å². The Balaban J connectivity index is 2.23. The van der Waals surface area contributed by atoms with Crippen LogP contribution in [0.3, 0.4) is 0 Å². The van der Waals surface area contributed by atoms with Crippen molar-refractivity contribution in [3.05, 3.63) is 41.8 Å². The summed E-state index contributed by atoms with van der Waals surface area (Å²) in [5.41, 5.74) is 2.19. The van der Waals surface area contributed by atoms with Gasteiger partial charge in [-0.2, -0.15) is 0 Å². The lowest BCUT2D eigenvalue weighted by molar-refractivity contribution is 0.0519. The van der Waals surface area contributed by atoms with Crippen LogP contribution in [0.4, 0.5) is 0 Å². The SMILES string of the molecule is CCOC(=O)c1coc(-c2ccc(C)cc2)n1. The summed E-state index contributed by atoms with van der Waals surface area (Å²) >= 11 is 0. The summed E-state index contributed by atoms with van der Waals surface area (Å²) in [7, 11) is 0. The Hall–Kier alpha value is -2.10. The fraction of sp³-hybridized carbons (Fsp3) is 0.231. The van der Waals surface area contributed by atoms with Gasteiger partial charge in [0.05, 0.1) is 6.61 Å². The minimum absolute atomic E-state index is 0.197. The van der Waals surface area contributed by atoms with Crippen LogP contribution in [-0.4, -0.2) is 17.6 Å². The molecule has 2 rings (SSSR count). The summed E-state index contributed by atoms with van der Waals surface area (Å²) in [5, 5.41) is 0. The van der Waals surface area contributed by atoms with Crippen molar-refractivity contribution < 1.29 is 13.9 Å². The Bertz CT molecular complexity index is 514. The number of nitrogens with zero attached hydrogens (tertiary/aromatic N) is 1. The molecule has 0 saturated carbocycles. The predicted molar refractivity (Wildman–Crippen MR) is 62.6 cm³/mol. The number of rotatable bonds is 3. The molecular weight excluding hydrogens is 218 g/mol. The normalized spacial score (nSPS) is 10.2. The van der Waals surface area contributed by atoms with Crippen molar-refractivity contribution in [2.45, 2.75) is 13.8 Å². The minimum atomic E-state index is -0.463. The summed E-state index contributed by atoms with van der Waals surface area (Å²) in [5.74, 6) is -0.0392. The zero-order valence-corrected chi connectivity index (χ0v) is 9.77. The fourth-order valence-electron chi connectivity index (χ4n) is 1.40. The second kappa shape index (κ2) is 4.82. The van der Waals surface area contributed by atoms with Gasteiger partial charge in [0.25, 0.3) is 0 Å². The quantitative estimate of drug-likeness (QED) is 0.762. The van der Waals surface area contributed by atoms with Crippen LogP contribution in [0, 0.1) is 6.92 Å². The second-order valence-corrected chi connectivity index (χ2v) is 3.62. The number of hydrogen-bond donors (Lipinski definition) is 0. The van der Waals surface area contributed by atoms with Crippen molar-refractivity contribution in [3.8, 4) is 11.5 Å². The van der Waals surface area contributed by atoms with Gasteiger partial charge >= 0.3 is 5.97 Å². The molecule has 1 heterocycles. The van der Waals surface area contributed by atoms with E-state index >= 15 is 0 Å². The van der Waals surface area contributed by atoms with E-state index in [-0.39, 0.29) is 5.69 Å². The Morgan fingerprint density at radius 1 is 1.35 bits per heavy atom. The molecule has 4 heteroatoms. The average Bonchev–Trinajstić information content (AvgIpc) is 2.80. The second-order valence-electron chi connectivity index (χ2n) is 3.62. The van der Waals surface area contributed by atoms with Crippen LogP contribution in [-0.2, 0) is 4.74 Å². The number of aromatic nitrogens is 1. The topological polar surface area (TPSA) is 52.3 Å². The molecule has 0 amide bonds. The van der Waals surface area contributed by atoms with Crippen LogP contribution in [0.2, 0.25) is 0 Å². The van der Waals surface area contributed by atoms with E-state index in [2.05, 4.69) is 4.98 Å². The molecule has 88 valence electrons. The van der Waals surface area contributed by atoms with E-state index in [4.69, 9.17) is 9.15 Å². The zero-order valence-electron chi connectivity index (χ0n) is 9.77. The van der Waals surface area contributed by atoms with Gasteiger partial charge in [-0.3, -0.25) is 0 Å². The average molecular weight is 231 g/mol. The van der Waals surface area contributed by atoms with E-state index < -0.39 is 5.97 Å². The molecule has 17 heavy (non-hydrogen) atoms. The molecule has 1 aromatic carbocycles. The third kappa shape index (κ3) is 2.53. The Kier molecular flexibility index (Phi) is 3.23. The molecule has 0 spiro atoms. The first-order valence-corrected chi connectivity index (χ1v) is 5.40. The molecule has 0 bridgehead atoms. The molecule has 1 aromatic heterocycles. The van der Waals surface area contributed by atoms with E-state index in [0.717, 1.165) is 11.1 Å². The predicted octanol–water partition coefficient (Wildman–Crippen LogP) is 2.83. The van der Waals surface area contributed by atoms with Gasteiger partial charge in [-0.1, -0.05) is 17.7 Å². The molecule has 0 saturated heterocycles. The van der Waals surface area contributed by atoms with Crippen LogP contribution < -0.4 is 0 Å². The lowest BCUT2D eigenvalue weighted by atomic mass is 10.1. The standard InChI is InChI=1S/C13H13NO3/c1-3-16-13(15)11-8-17-12(14-11)10-6-4-9(2)5-7-10/h4-8H,3H2,1-2H3. The highest BCUT2D eigenvalue weighted by molar-refractivity contribution is 5.87. The number of benzene rings is 1. The van der Waals surface area contributed by atoms with Gasteiger partial charge in [0, 0.05) is 5.56 Å². The van der Waals surface area contributed by atoms with Gasteiger partial charge in [0.1, 0.15) is 6.26 Å². The Labute approximate surface area is 99.2 Å². The fourth-order valence-corrected chi connectivity index (χ4v) is 1.40. The number of aryl methyl sites for hydroxylation is 1. The summed E-state index contributed by atoms with van der Waals surface area (Å²) in [6.07, 6.45) is 1.31. The zero-order chi connectivity index (χ0) is 12.3. The number of carbonyl (C=O) groups is 1. The molecular formula is C13H13NO3. The first kappa shape index (κ1) is 11.4. The smallest absolute Gasteiger partial charge is 0.360 e. The first-order valence-electron chi connectivity index (χ1n) is 5.40. The molecule has 0 unspecified atom stereocenters. The Morgan fingerprint density at radius 2 is 2.06 bits per heavy atom. The lowest BCUT2D eigenvalue weighted by Gasteiger charge is -1.96. The maximum Gasteiger partial charge on any atom is 0.360 e. The van der Waals surface area contributed by atoms with Gasteiger partial charge in [0.15, 0.2) is 5.69 Å². The number of hydrogen-bond acceptors (Lipinski definition) is 4. The number of esters is 1. The molecule has 2 aromatic rings. The third-order valence-corrected chi connectivity index (χ3v) is 2.29. The van der Waals surface area contributed by atoms with Crippen LogP contribution in [0.5, 0.6) is 0 Å². The molecule has 0 radical (unpaired) electrons. The van der Waals surface area contributed by atoms with E-state index in [1.54, 1.807) is 6.92 Å². The van der Waals surface area contributed by atoms with Gasteiger partial charge in [-0.15, -0.1) is 0 Å². The summed E-state index contributed by atoms with van der Waals surface area (Å²) < 4.78 is 10.1. The third-order valence-electron chi connectivity index (χ3n) is 2.29. The Morgan fingerprint density at radius 3 is 2.71 bits per heavy atom. The van der Waals surface area contributed by atoms with Gasteiger partial charge < -0.3 is 9.15 Å². The van der Waals surface area contributed by atoms with Gasteiger partial charge in [0.2, 0.25) is 5.89 Å². The van der Waals surface area contributed by atoms with Crippen molar-refractivity contribution in [3.63, 3.8) is 0 Å². The molecule has 0 aliphatic carbocycles. The van der Waals surface area contributed by atoms with E-state index in [1.807, 2.05) is 31.2 Å². The van der Waals surface area contributed by atoms with Crippen molar-refractivity contribution in [2.75, 3.05) is 6.61 Å². The van der Waals surface area contributed by atoms with Crippen LogP contribution in [0.25, 0.3) is 11.5 Å². The van der Waals surface area contributed by atoms with Gasteiger partial charge in [-0.25, -0.2) is 9.78 Å². The molecule has 0 N–H and O–H groups in total. The van der Waals surface area contributed by atoms with E-state index in [0.29, 0.717) is 12.5 Å².